The second kappa shape index (κ2) is 9.15. The summed E-state index contributed by atoms with van der Waals surface area (Å²) in [5, 5.41) is 31.6. The zero-order valence-corrected chi connectivity index (χ0v) is 20.0. The van der Waals surface area contributed by atoms with E-state index in [1.165, 1.54) is 6.07 Å². The van der Waals surface area contributed by atoms with Crippen LogP contribution in [0.4, 0.5) is 17.5 Å². The predicted octanol–water partition coefficient (Wildman–Crippen LogP) is 4.54. The monoisotopic (exact) mass is 472 g/mol. The maximum atomic E-state index is 11.3. The van der Waals surface area contributed by atoms with Crippen LogP contribution in [0, 0.1) is 0 Å². The van der Waals surface area contributed by atoms with Crippen molar-refractivity contribution in [3.63, 3.8) is 0 Å². The van der Waals surface area contributed by atoms with Gasteiger partial charge in [-0.3, -0.25) is 0 Å². The van der Waals surface area contributed by atoms with Crippen LogP contribution in [0.3, 0.4) is 0 Å². The summed E-state index contributed by atoms with van der Waals surface area (Å²) in [4.78, 5) is 18.4. The van der Waals surface area contributed by atoms with Crippen LogP contribution < -0.4 is 10.2 Å². The van der Waals surface area contributed by atoms with Crippen molar-refractivity contribution in [1.82, 2.24) is 19.7 Å². The highest BCUT2D eigenvalue weighted by Gasteiger charge is 2.33. The summed E-state index contributed by atoms with van der Waals surface area (Å²) in [7, 11) is 0. The fraction of sp³-hybridized carbons (Fsp3) is 0.478. The summed E-state index contributed by atoms with van der Waals surface area (Å²) in [6.07, 6.45) is 1.88. The van der Waals surface area contributed by atoms with Crippen LogP contribution in [0.15, 0.2) is 18.2 Å². The summed E-state index contributed by atoms with van der Waals surface area (Å²) in [6, 6.07) is 4.76. The number of aromatic carboxylic acids is 1. The molecule has 9 nitrogen and oxygen atoms in total. The van der Waals surface area contributed by atoms with E-state index in [1.807, 2.05) is 0 Å². The van der Waals surface area contributed by atoms with Crippen molar-refractivity contribution in [2.75, 3.05) is 23.4 Å². The normalized spacial score (nSPS) is 16.4. The number of benzene rings is 1. The molecule has 0 aliphatic carbocycles. The average molecular weight is 473 g/mol. The van der Waals surface area contributed by atoms with E-state index < -0.39 is 5.97 Å². The first kappa shape index (κ1) is 23.3. The first-order valence-electron chi connectivity index (χ1n) is 11.2. The van der Waals surface area contributed by atoms with Gasteiger partial charge in [-0.05, 0) is 50.8 Å². The van der Waals surface area contributed by atoms with Crippen LogP contribution in [0.5, 0.6) is 0 Å². The Kier molecular flexibility index (Phi) is 6.45. The molecule has 3 N–H and O–H groups in total. The van der Waals surface area contributed by atoms with Crippen molar-refractivity contribution < 1.29 is 15.0 Å². The molecule has 3 aliphatic heterocycles. The van der Waals surface area contributed by atoms with Crippen LogP contribution in [0.2, 0.25) is 5.02 Å². The zero-order chi connectivity index (χ0) is 23.9. The highest BCUT2D eigenvalue weighted by molar-refractivity contribution is 6.33. The minimum Gasteiger partial charge on any atom is -0.478 e. The Morgan fingerprint density at radius 1 is 1.27 bits per heavy atom. The van der Waals surface area contributed by atoms with E-state index in [4.69, 9.17) is 16.6 Å². The molecule has 0 spiro atoms. The summed E-state index contributed by atoms with van der Waals surface area (Å²) in [5.74, 6) is 0.333. The molecule has 1 unspecified atom stereocenters. The number of anilines is 3. The molecule has 0 aromatic heterocycles. The van der Waals surface area contributed by atoms with Gasteiger partial charge in [-0.1, -0.05) is 25.4 Å². The van der Waals surface area contributed by atoms with E-state index >= 15 is 0 Å². The van der Waals surface area contributed by atoms with E-state index in [9.17, 15) is 15.0 Å². The maximum Gasteiger partial charge on any atom is 0.337 e. The van der Waals surface area contributed by atoms with Gasteiger partial charge >= 0.3 is 5.97 Å². The third kappa shape index (κ3) is 4.22. The number of nitrogens with one attached hydrogen (secondary N) is 1. The Hall–Kier alpha value is -2.91. The molecule has 0 amide bonds. The van der Waals surface area contributed by atoms with Crippen molar-refractivity contribution in [3.8, 4) is 11.4 Å². The predicted molar refractivity (Wildman–Crippen MR) is 128 cm³/mol. The molecular weight excluding hydrogens is 444 g/mol. The summed E-state index contributed by atoms with van der Waals surface area (Å²) < 4.78 is 2.16. The standard InChI is InChI=1S/C23H29ClN6O3/c1-12(2)18-20-19(28-27-18)21(25-14-7-8-16(22(32)33)17(24)10-14)26-23(30(20)13(3)4)29-9-5-6-15(29)11-31/h7-8,10,12-13,15,25,31H,5-6,9,11H2,1-4H3,(H,32,33). The number of hydrogen-bond donors (Lipinski definition) is 3. The molecule has 0 saturated carbocycles. The molecule has 0 radical (unpaired) electrons. The summed E-state index contributed by atoms with van der Waals surface area (Å²) in [6.45, 7) is 9.22. The highest BCUT2D eigenvalue weighted by atomic mass is 35.5. The maximum absolute atomic E-state index is 11.3. The zero-order valence-electron chi connectivity index (χ0n) is 19.2. The first-order valence-corrected chi connectivity index (χ1v) is 11.6. The van der Waals surface area contributed by atoms with E-state index in [0.29, 0.717) is 17.2 Å². The van der Waals surface area contributed by atoms with Gasteiger partial charge in [0, 0.05) is 18.3 Å². The lowest BCUT2D eigenvalue weighted by atomic mass is 10.1. The van der Waals surface area contributed by atoms with Gasteiger partial charge in [-0.25, -0.2) is 4.79 Å². The Bertz CT molecular complexity index is 1150. The minimum absolute atomic E-state index is 0.00419. The number of rotatable bonds is 7. The molecule has 1 aromatic carbocycles. The van der Waals surface area contributed by atoms with Gasteiger partial charge in [-0.2, -0.15) is 10.1 Å². The molecular formula is C23H29ClN6O3. The summed E-state index contributed by atoms with van der Waals surface area (Å²) >= 11 is 6.18. The van der Waals surface area contributed by atoms with Crippen molar-refractivity contribution in [2.45, 2.75) is 58.5 Å². The van der Waals surface area contributed by atoms with Gasteiger partial charge in [0.25, 0.3) is 0 Å². The number of aliphatic hydroxyl groups is 1. The number of aromatic nitrogens is 4. The molecule has 4 rings (SSSR count). The quantitative estimate of drug-likeness (QED) is 0.459. The number of carboxylic acid groups (broad SMARTS) is 1. The third-order valence-corrected chi connectivity index (χ3v) is 6.30. The van der Waals surface area contributed by atoms with E-state index in [0.717, 1.165) is 36.7 Å². The molecule has 0 bridgehead atoms. The van der Waals surface area contributed by atoms with Crippen molar-refractivity contribution in [2.24, 2.45) is 0 Å². The molecule has 176 valence electrons. The van der Waals surface area contributed by atoms with Gasteiger partial charge in [0.2, 0.25) is 5.95 Å². The van der Waals surface area contributed by atoms with Gasteiger partial charge in [0.05, 0.1) is 34.6 Å². The molecule has 1 atom stereocenters. The molecule has 1 aromatic rings. The Balaban J connectivity index is 1.90. The largest absolute Gasteiger partial charge is 0.478 e. The van der Waals surface area contributed by atoms with E-state index in [2.05, 4.69) is 52.7 Å². The van der Waals surface area contributed by atoms with Crippen LogP contribution in [-0.2, 0) is 0 Å². The summed E-state index contributed by atoms with van der Waals surface area (Å²) in [5.41, 5.74) is 3.05. The second-order valence-corrected chi connectivity index (χ2v) is 9.37. The SMILES string of the molecule is CC(C)c1nnc2c(Nc3ccc(C(=O)O)c(Cl)c3)nc(N3CCCC3CO)n(C(C)C)c1-2. The van der Waals surface area contributed by atoms with E-state index in [1.54, 1.807) is 12.1 Å². The smallest absolute Gasteiger partial charge is 0.337 e. The van der Waals surface area contributed by atoms with Gasteiger partial charge in [-0.15, -0.1) is 5.10 Å². The number of nitrogens with zero attached hydrogens (tertiary/aromatic N) is 5. The first-order chi connectivity index (χ1) is 15.7. The number of halogens is 1. The van der Waals surface area contributed by atoms with Crippen molar-refractivity contribution in [3.05, 3.63) is 34.5 Å². The molecule has 1 fully saturated rings. The van der Waals surface area contributed by atoms with Crippen LogP contribution in [0.25, 0.3) is 11.4 Å². The molecule has 3 aliphatic rings. The topological polar surface area (TPSA) is 116 Å². The molecule has 3 heterocycles. The lowest BCUT2D eigenvalue weighted by Crippen LogP contribution is -2.36. The number of hydrogen-bond acceptors (Lipinski definition) is 7. The second-order valence-electron chi connectivity index (χ2n) is 8.96. The molecule has 10 heteroatoms. The van der Waals surface area contributed by atoms with Gasteiger partial charge < -0.3 is 25.0 Å². The molecule has 33 heavy (non-hydrogen) atoms. The Morgan fingerprint density at radius 3 is 2.64 bits per heavy atom. The minimum atomic E-state index is -1.08. The number of carboxylic acids is 1. The highest BCUT2D eigenvalue weighted by Crippen LogP contribution is 2.40. The van der Waals surface area contributed by atoms with Gasteiger partial charge in [0.1, 0.15) is 0 Å². The average Bonchev–Trinajstić information content (AvgIpc) is 3.40. The fourth-order valence-corrected chi connectivity index (χ4v) is 4.64. The molecule has 1 saturated heterocycles. The Labute approximate surface area is 197 Å². The Morgan fingerprint density at radius 2 is 2.03 bits per heavy atom. The van der Waals surface area contributed by atoms with E-state index in [-0.39, 0.29) is 35.2 Å². The van der Waals surface area contributed by atoms with Crippen molar-refractivity contribution >= 4 is 35.0 Å². The number of aliphatic hydroxyl groups excluding tert-OH is 1. The van der Waals surface area contributed by atoms with Crippen LogP contribution in [0.1, 0.15) is 68.5 Å². The number of fused-ring (bicyclic) bond motifs is 1. The fourth-order valence-electron chi connectivity index (χ4n) is 4.38. The number of carbonyl (C=O) groups is 1. The van der Waals surface area contributed by atoms with Crippen LogP contribution >= 0.6 is 11.6 Å². The lowest BCUT2D eigenvalue weighted by molar-refractivity contribution is 0.0697. The lowest BCUT2D eigenvalue weighted by Gasteiger charge is -2.31. The third-order valence-electron chi connectivity index (χ3n) is 5.99. The van der Waals surface area contributed by atoms with Crippen molar-refractivity contribution in [1.29, 1.82) is 0 Å². The van der Waals surface area contributed by atoms with Gasteiger partial charge in [0.15, 0.2) is 11.5 Å². The van der Waals surface area contributed by atoms with Crippen LogP contribution in [-0.4, -0.2) is 55.1 Å².